The zero-order chi connectivity index (χ0) is 15.0. The molecule has 1 aliphatic heterocycles. The van der Waals surface area contributed by atoms with Gasteiger partial charge in [-0.3, -0.25) is 9.59 Å². The number of methoxy groups -OCH3 is 1. The van der Waals surface area contributed by atoms with Gasteiger partial charge in [0.2, 0.25) is 5.91 Å². The van der Waals surface area contributed by atoms with Gasteiger partial charge >= 0.3 is 5.97 Å². The SMILES string of the molecule is CCOC(=O)CN(CCOC)C(=O)C1(C)CCNCC1. The largest absolute Gasteiger partial charge is 0.465 e. The summed E-state index contributed by atoms with van der Waals surface area (Å²) in [6.45, 7) is 6.55. The second kappa shape index (κ2) is 8.21. The first kappa shape index (κ1) is 16.9. The van der Waals surface area contributed by atoms with Crippen molar-refractivity contribution in [2.24, 2.45) is 5.41 Å². The Morgan fingerprint density at radius 1 is 1.30 bits per heavy atom. The predicted octanol–water partition coefficient (Wildman–Crippen LogP) is 0.414. The van der Waals surface area contributed by atoms with Crippen molar-refractivity contribution in [3.63, 3.8) is 0 Å². The summed E-state index contributed by atoms with van der Waals surface area (Å²) in [6.07, 6.45) is 1.58. The standard InChI is InChI=1S/C14H26N2O4/c1-4-20-12(17)11-16(9-10-19-3)13(18)14(2)5-7-15-8-6-14/h15H,4-11H2,1-3H3. The second-order valence-corrected chi connectivity index (χ2v) is 5.34. The zero-order valence-electron chi connectivity index (χ0n) is 12.7. The van der Waals surface area contributed by atoms with Crippen molar-refractivity contribution < 1.29 is 19.1 Å². The fourth-order valence-corrected chi connectivity index (χ4v) is 2.39. The average Bonchev–Trinajstić information content (AvgIpc) is 2.43. The van der Waals surface area contributed by atoms with Crippen molar-refractivity contribution >= 4 is 11.9 Å². The molecule has 0 spiro atoms. The van der Waals surface area contributed by atoms with E-state index in [9.17, 15) is 9.59 Å². The number of carbonyl (C=O) groups excluding carboxylic acids is 2. The Morgan fingerprint density at radius 3 is 2.50 bits per heavy atom. The van der Waals surface area contributed by atoms with Crippen molar-refractivity contribution in [3.05, 3.63) is 0 Å². The highest BCUT2D eigenvalue weighted by Gasteiger charge is 2.38. The molecule has 0 saturated carbocycles. The molecule has 1 rings (SSSR count). The second-order valence-electron chi connectivity index (χ2n) is 5.34. The van der Waals surface area contributed by atoms with E-state index >= 15 is 0 Å². The Morgan fingerprint density at radius 2 is 1.95 bits per heavy atom. The first-order valence-electron chi connectivity index (χ1n) is 7.18. The van der Waals surface area contributed by atoms with E-state index in [1.807, 2.05) is 6.92 Å². The van der Waals surface area contributed by atoms with Crippen molar-refractivity contribution in [1.29, 1.82) is 0 Å². The molecule has 0 aromatic carbocycles. The molecule has 116 valence electrons. The van der Waals surface area contributed by atoms with Crippen molar-refractivity contribution in [2.45, 2.75) is 26.7 Å². The summed E-state index contributed by atoms with van der Waals surface area (Å²) in [5.41, 5.74) is -0.397. The number of ether oxygens (including phenoxy) is 2. The number of nitrogens with zero attached hydrogens (tertiary/aromatic N) is 1. The molecule has 0 aromatic rings. The van der Waals surface area contributed by atoms with Crippen LogP contribution in [0.2, 0.25) is 0 Å². The molecule has 1 fully saturated rings. The smallest absolute Gasteiger partial charge is 0.325 e. The number of rotatable bonds is 7. The number of esters is 1. The number of carbonyl (C=O) groups is 2. The van der Waals surface area contributed by atoms with E-state index in [1.54, 1.807) is 18.9 Å². The number of piperidine rings is 1. The molecule has 1 N–H and O–H groups in total. The molecular formula is C14H26N2O4. The lowest BCUT2D eigenvalue weighted by atomic mass is 9.79. The number of hydrogen-bond donors (Lipinski definition) is 1. The van der Waals surface area contributed by atoms with E-state index in [0.29, 0.717) is 19.8 Å². The van der Waals surface area contributed by atoms with Crippen molar-refractivity contribution in [2.75, 3.05) is 46.5 Å². The van der Waals surface area contributed by atoms with E-state index in [0.717, 1.165) is 25.9 Å². The van der Waals surface area contributed by atoms with Gasteiger partial charge in [-0.15, -0.1) is 0 Å². The third kappa shape index (κ3) is 4.76. The first-order valence-corrected chi connectivity index (χ1v) is 7.18. The Labute approximate surface area is 120 Å². The molecule has 20 heavy (non-hydrogen) atoms. The molecule has 0 atom stereocenters. The predicted molar refractivity (Wildman–Crippen MR) is 75.3 cm³/mol. The van der Waals surface area contributed by atoms with E-state index in [1.165, 1.54) is 0 Å². The first-order chi connectivity index (χ1) is 9.53. The molecule has 0 aliphatic carbocycles. The van der Waals surface area contributed by atoms with Gasteiger partial charge in [-0.2, -0.15) is 0 Å². The van der Waals surface area contributed by atoms with Gasteiger partial charge in [0.15, 0.2) is 0 Å². The molecule has 6 nitrogen and oxygen atoms in total. The molecule has 0 aromatic heterocycles. The van der Waals surface area contributed by atoms with Crippen LogP contribution in [0.1, 0.15) is 26.7 Å². The van der Waals surface area contributed by atoms with E-state index < -0.39 is 5.41 Å². The molecular weight excluding hydrogens is 260 g/mol. The van der Waals surface area contributed by atoms with Crippen LogP contribution in [0, 0.1) is 5.41 Å². The molecule has 1 heterocycles. The lowest BCUT2D eigenvalue weighted by Gasteiger charge is -2.37. The highest BCUT2D eigenvalue weighted by molar-refractivity contribution is 5.86. The monoisotopic (exact) mass is 286 g/mol. The van der Waals surface area contributed by atoms with Gasteiger partial charge in [0.25, 0.3) is 0 Å². The van der Waals surface area contributed by atoms with Crippen LogP contribution in [0.3, 0.4) is 0 Å². The summed E-state index contributed by atoms with van der Waals surface area (Å²) < 4.78 is 9.96. The van der Waals surface area contributed by atoms with Gasteiger partial charge in [0.1, 0.15) is 6.54 Å². The Balaban J connectivity index is 2.69. The summed E-state index contributed by atoms with van der Waals surface area (Å²) in [7, 11) is 1.58. The minimum atomic E-state index is -0.397. The van der Waals surface area contributed by atoms with Crippen LogP contribution in [0.15, 0.2) is 0 Å². The molecule has 1 aliphatic rings. The molecule has 0 radical (unpaired) electrons. The fourth-order valence-electron chi connectivity index (χ4n) is 2.39. The Hall–Kier alpha value is -1.14. The van der Waals surface area contributed by atoms with E-state index in [4.69, 9.17) is 9.47 Å². The molecule has 0 unspecified atom stereocenters. The zero-order valence-corrected chi connectivity index (χ0v) is 12.7. The Bertz CT molecular complexity index is 327. The summed E-state index contributed by atoms with van der Waals surface area (Å²) in [5.74, 6) is -0.349. The van der Waals surface area contributed by atoms with Gasteiger partial charge in [0, 0.05) is 19.1 Å². The number of amides is 1. The minimum Gasteiger partial charge on any atom is -0.465 e. The van der Waals surface area contributed by atoms with Crippen LogP contribution in [-0.4, -0.2) is 63.3 Å². The minimum absolute atomic E-state index is 0.000941. The van der Waals surface area contributed by atoms with Crippen LogP contribution in [0.25, 0.3) is 0 Å². The van der Waals surface area contributed by atoms with Crippen molar-refractivity contribution in [1.82, 2.24) is 10.2 Å². The third-order valence-corrected chi connectivity index (χ3v) is 3.70. The Kier molecular flexibility index (Phi) is 6.95. The third-order valence-electron chi connectivity index (χ3n) is 3.70. The fraction of sp³-hybridized carbons (Fsp3) is 0.857. The number of nitrogens with one attached hydrogen (secondary N) is 1. The topological polar surface area (TPSA) is 67.9 Å². The van der Waals surface area contributed by atoms with Crippen LogP contribution < -0.4 is 5.32 Å². The maximum absolute atomic E-state index is 12.7. The average molecular weight is 286 g/mol. The maximum atomic E-state index is 12.7. The quantitative estimate of drug-likeness (QED) is 0.687. The highest BCUT2D eigenvalue weighted by Crippen LogP contribution is 2.30. The summed E-state index contributed by atoms with van der Waals surface area (Å²) >= 11 is 0. The van der Waals surface area contributed by atoms with E-state index in [-0.39, 0.29) is 18.4 Å². The van der Waals surface area contributed by atoms with Gasteiger partial charge in [-0.25, -0.2) is 0 Å². The molecule has 1 saturated heterocycles. The van der Waals surface area contributed by atoms with Crippen LogP contribution >= 0.6 is 0 Å². The maximum Gasteiger partial charge on any atom is 0.325 e. The van der Waals surface area contributed by atoms with Gasteiger partial charge in [-0.1, -0.05) is 6.92 Å². The normalized spacial score (nSPS) is 17.6. The van der Waals surface area contributed by atoms with E-state index in [2.05, 4.69) is 5.32 Å². The lowest BCUT2D eigenvalue weighted by Crippen LogP contribution is -2.50. The molecule has 0 bridgehead atoms. The van der Waals surface area contributed by atoms with Gasteiger partial charge < -0.3 is 19.7 Å². The van der Waals surface area contributed by atoms with Crippen LogP contribution in [0.5, 0.6) is 0 Å². The summed E-state index contributed by atoms with van der Waals surface area (Å²) in [4.78, 5) is 25.9. The van der Waals surface area contributed by atoms with Crippen LogP contribution in [-0.2, 0) is 19.1 Å². The van der Waals surface area contributed by atoms with Gasteiger partial charge in [0.05, 0.1) is 13.2 Å². The van der Waals surface area contributed by atoms with Crippen molar-refractivity contribution in [3.8, 4) is 0 Å². The molecule has 6 heteroatoms. The summed E-state index contributed by atoms with van der Waals surface area (Å²) in [5, 5.41) is 3.25. The summed E-state index contributed by atoms with van der Waals surface area (Å²) in [6, 6.07) is 0. The highest BCUT2D eigenvalue weighted by atomic mass is 16.5. The lowest BCUT2D eigenvalue weighted by molar-refractivity contribution is -0.153. The van der Waals surface area contributed by atoms with Crippen LogP contribution in [0.4, 0.5) is 0 Å². The molecule has 1 amide bonds. The van der Waals surface area contributed by atoms with Gasteiger partial charge in [-0.05, 0) is 32.9 Å². The number of hydrogen-bond acceptors (Lipinski definition) is 5.